The average molecular weight is 390 g/mol. The lowest BCUT2D eigenvalue weighted by atomic mass is 10.2. The van der Waals surface area contributed by atoms with E-state index in [0.717, 1.165) is 0 Å². The van der Waals surface area contributed by atoms with Crippen molar-refractivity contribution in [2.75, 3.05) is 5.32 Å². The smallest absolute Gasteiger partial charge is 0.341 e. The van der Waals surface area contributed by atoms with Gasteiger partial charge in [0.05, 0.1) is 11.1 Å². The minimum Gasteiger partial charge on any atom is -0.449 e. The summed E-state index contributed by atoms with van der Waals surface area (Å²) in [4.78, 5) is 33.0. The van der Waals surface area contributed by atoms with Gasteiger partial charge in [0, 0.05) is 28.1 Å². The number of hydrogen-bond donors (Lipinski definition) is 1. The van der Waals surface area contributed by atoms with Crippen molar-refractivity contribution in [1.29, 1.82) is 0 Å². The van der Waals surface area contributed by atoms with Crippen LogP contribution in [0.2, 0.25) is 10.0 Å². The summed E-state index contributed by atoms with van der Waals surface area (Å²) in [5, 5.41) is 3.37. The summed E-state index contributed by atoms with van der Waals surface area (Å²) >= 11 is 11.8. The molecule has 0 aliphatic heterocycles. The van der Waals surface area contributed by atoms with E-state index in [2.05, 4.69) is 15.3 Å². The number of amides is 1. The highest BCUT2D eigenvalue weighted by molar-refractivity contribution is 6.35. The molecule has 3 rings (SSSR count). The fourth-order valence-electron chi connectivity index (χ4n) is 2.30. The molecule has 0 bridgehead atoms. The molecule has 1 atom stereocenters. The first-order valence-electron chi connectivity index (χ1n) is 7.62. The third-order valence-corrected chi connectivity index (χ3v) is 3.94. The fourth-order valence-corrected chi connectivity index (χ4v) is 2.83. The number of carbonyl (C=O) groups excluding carboxylic acids is 2. The molecule has 0 radical (unpaired) electrons. The third kappa shape index (κ3) is 4.09. The Bertz CT molecular complexity index is 969. The van der Waals surface area contributed by atoms with Crippen molar-refractivity contribution in [1.82, 2.24) is 9.97 Å². The lowest BCUT2D eigenvalue weighted by molar-refractivity contribution is -0.123. The van der Waals surface area contributed by atoms with Crippen LogP contribution in [0.15, 0.2) is 48.8 Å². The minimum absolute atomic E-state index is 0.237. The van der Waals surface area contributed by atoms with Crippen LogP contribution in [-0.2, 0) is 9.53 Å². The Morgan fingerprint density at radius 2 is 1.77 bits per heavy atom. The molecular formula is C18H13Cl2N3O3. The molecule has 0 aliphatic rings. The molecule has 0 saturated carbocycles. The van der Waals surface area contributed by atoms with Crippen LogP contribution >= 0.6 is 23.2 Å². The molecule has 26 heavy (non-hydrogen) atoms. The molecule has 0 aliphatic carbocycles. The normalized spacial score (nSPS) is 11.8. The molecule has 1 unspecified atom stereocenters. The van der Waals surface area contributed by atoms with E-state index in [1.807, 2.05) is 0 Å². The van der Waals surface area contributed by atoms with Crippen molar-refractivity contribution in [2.45, 2.75) is 13.0 Å². The van der Waals surface area contributed by atoms with Crippen molar-refractivity contribution < 1.29 is 14.3 Å². The van der Waals surface area contributed by atoms with Crippen LogP contribution in [0, 0.1) is 0 Å². The van der Waals surface area contributed by atoms with Crippen LogP contribution in [0.1, 0.15) is 17.3 Å². The summed E-state index contributed by atoms with van der Waals surface area (Å²) in [6, 6.07) is 9.61. The highest BCUT2D eigenvalue weighted by Crippen LogP contribution is 2.23. The molecule has 1 aromatic heterocycles. The van der Waals surface area contributed by atoms with E-state index >= 15 is 0 Å². The quantitative estimate of drug-likeness (QED) is 0.678. The van der Waals surface area contributed by atoms with Gasteiger partial charge in [-0.3, -0.25) is 14.8 Å². The molecule has 6 nitrogen and oxygen atoms in total. The van der Waals surface area contributed by atoms with Crippen molar-refractivity contribution in [3.63, 3.8) is 0 Å². The van der Waals surface area contributed by atoms with Crippen molar-refractivity contribution in [2.24, 2.45) is 0 Å². The van der Waals surface area contributed by atoms with E-state index in [1.165, 1.54) is 19.3 Å². The standard InChI is InChI=1S/C18H13Cl2N3O3/c1-10(17(24)23-13-8-11(19)7-12(20)9-13)26-18(25)14-3-2-4-15-16(14)22-6-5-21-15/h2-10H,1H3,(H,23,24). The maximum absolute atomic E-state index is 12.4. The lowest BCUT2D eigenvalue weighted by Gasteiger charge is -2.14. The van der Waals surface area contributed by atoms with Crippen molar-refractivity contribution >= 4 is 51.8 Å². The van der Waals surface area contributed by atoms with Gasteiger partial charge < -0.3 is 10.1 Å². The van der Waals surface area contributed by atoms with Crippen LogP contribution < -0.4 is 5.32 Å². The highest BCUT2D eigenvalue weighted by Gasteiger charge is 2.21. The summed E-state index contributed by atoms with van der Waals surface area (Å²) in [5.74, 6) is -1.18. The summed E-state index contributed by atoms with van der Waals surface area (Å²) < 4.78 is 5.25. The first-order valence-corrected chi connectivity index (χ1v) is 8.37. The monoisotopic (exact) mass is 389 g/mol. The molecule has 1 amide bonds. The number of benzene rings is 2. The van der Waals surface area contributed by atoms with Gasteiger partial charge in [-0.2, -0.15) is 0 Å². The second-order valence-electron chi connectivity index (χ2n) is 5.42. The largest absolute Gasteiger partial charge is 0.449 e. The number of rotatable bonds is 4. The summed E-state index contributed by atoms with van der Waals surface area (Å²) in [6.07, 6.45) is 1.98. The molecule has 0 spiro atoms. The molecule has 132 valence electrons. The molecule has 2 aromatic carbocycles. The number of ether oxygens (including phenoxy) is 1. The molecule has 3 aromatic rings. The number of carbonyl (C=O) groups is 2. The van der Waals surface area contributed by atoms with Crippen LogP contribution in [0.3, 0.4) is 0 Å². The van der Waals surface area contributed by atoms with E-state index < -0.39 is 18.0 Å². The van der Waals surface area contributed by atoms with E-state index in [4.69, 9.17) is 27.9 Å². The predicted octanol–water partition coefficient (Wildman–Crippen LogP) is 4.12. The number of para-hydroxylation sites is 1. The number of nitrogens with one attached hydrogen (secondary N) is 1. The Kier molecular flexibility index (Phi) is 5.35. The van der Waals surface area contributed by atoms with Gasteiger partial charge in [-0.25, -0.2) is 4.79 Å². The first-order chi connectivity index (χ1) is 12.4. The van der Waals surface area contributed by atoms with E-state index in [9.17, 15) is 9.59 Å². The first kappa shape index (κ1) is 18.1. The topological polar surface area (TPSA) is 81.2 Å². The van der Waals surface area contributed by atoms with Gasteiger partial charge in [0.1, 0.15) is 5.52 Å². The summed E-state index contributed by atoms with van der Waals surface area (Å²) in [6.45, 7) is 1.47. The van der Waals surface area contributed by atoms with Gasteiger partial charge in [-0.1, -0.05) is 29.3 Å². The minimum atomic E-state index is -1.04. The second-order valence-corrected chi connectivity index (χ2v) is 6.30. The molecule has 1 heterocycles. The lowest BCUT2D eigenvalue weighted by Crippen LogP contribution is -2.30. The van der Waals surface area contributed by atoms with Crippen LogP contribution in [0.4, 0.5) is 5.69 Å². The van der Waals surface area contributed by atoms with E-state index in [-0.39, 0.29) is 5.56 Å². The molecule has 0 saturated heterocycles. The number of fused-ring (bicyclic) bond motifs is 1. The summed E-state index contributed by atoms with van der Waals surface area (Å²) in [5.41, 5.74) is 1.62. The number of esters is 1. The maximum Gasteiger partial charge on any atom is 0.341 e. The molecule has 1 N–H and O–H groups in total. The van der Waals surface area contributed by atoms with Crippen LogP contribution in [0.25, 0.3) is 11.0 Å². The number of aromatic nitrogens is 2. The zero-order valence-electron chi connectivity index (χ0n) is 13.6. The van der Waals surface area contributed by atoms with E-state index in [0.29, 0.717) is 26.8 Å². The zero-order chi connectivity index (χ0) is 18.7. The van der Waals surface area contributed by atoms with Gasteiger partial charge in [-0.15, -0.1) is 0 Å². The summed E-state index contributed by atoms with van der Waals surface area (Å²) in [7, 11) is 0. The van der Waals surface area contributed by atoms with Crippen molar-refractivity contribution in [3.8, 4) is 0 Å². The fraction of sp³-hybridized carbons (Fsp3) is 0.111. The van der Waals surface area contributed by atoms with E-state index in [1.54, 1.807) is 36.4 Å². The van der Waals surface area contributed by atoms with Crippen LogP contribution in [0.5, 0.6) is 0 Å². The Morgan fingerprint density at radius 1 is 1.08 bits per heavy atom. The molecular weight excluding hydrogens is 377 g/mol. The number of halogens is 2. The number of anilines is 1. The van der Waals surface area contributed by atoms with Gasteiger partial charge in [0.15, 0.2) is 6.10 Å². The SMILES string of the molecule is CC(OC(=O)c1cccc2nccnc12)C(=O)Nc1cc(Cl)cc(Cl)c1. The Labute approximate surface area is 159 Å². The van der Waals surface area contributed by atoms with Gasteiger partial charge in [0.2, 0.25) is 0 Å². The van der Waals surface area contributed by atoms with Gasteiger partial charge in [-0.05, 0) is 37.3 Å². The van der Waals surface area contributed by atoms with Gasteiger partial charge >= 0.3 is 5.97 Å². The zero-order valence-corrected chi connectivity index (χ0v) is 15.1. The molecule has 0 fully saturated rings. The second kappa shape index (κ2) is 7.68. The third-order valence-electron chi connectivity index (χ3n) is 3.50. The number of hydrogen-bond acceptors (Lipinski definition) is 5. The average Bonchev–Trinajstić information content (AvgIpc) is 2.60. The van der Waals surface area contributed by atoms with Gasteiger partial charge in [0.25, 0.3) is 5.91 Å². The highest BCUT2D eigenvalue weighted by atomic mass is 35.5. The van der Waals surface area contributed by atoms with Crippen molar-refractivity contribution in [3.05, 3.63) is 64.4 Å². The Balaban J connectivity index is 1.73. The Morgan fingerprint density at radius 3 is 2.50 bits per heavy atom. The Hall–Kier alpha value is -2.70. The molecule has 8 heteroatoms. The number of nitrogens with zero attached hydrogens (tertiary/aromatic N) is 2. The maximum atomic E-state index is 12.4. The van der Waals surface area contributed by atoms with Crippen LogP contribution in [-0.4, -0.2) is 27.9 Å². The predicted molar refractivity (Wildman–Crippen MR) is 99.5 cm³/mol.